The summed E-state index contributed by atoms with van der Waals surface area (Å²) in [5.41, 5.74) is -0.599. The van der Waals surface area contributed by atoms with Crippen molar-refractivity contribution in [3.8, 4) is 0 Å². The second kappa shape index (κ2) is 2.85. The number of carbonyl (C=O) groups excluding carboxylic acids is 1. The van der Waals surface area contributed by atoms with E-state index < -0.39 is 11.9 Å². The van der Waals surface area contributed by atoms with Crippen molar-refractivity contribution < 1.29 is 23.7 Å². The van der Waals surface area contributed by atoms with Crippen LogP contribution in [0.25, 0.3) is 0 Å². The maximum atomic E-state index is 11.6. The van der Waals surface area contributed by atoms with Crippen molar-refractivity contribution in [1.29, 1.82) is 0 Å². The summed E-state index contributed by atoms with van der Waals surface area (Å²) in [6, 6.07) is 0. The van der Waals surface area contributed by atoms with Crippen LogP contribution in [0, 0.1) is 11.8 Å². The summed E-state index contributed by atoms with van der Waals surface area (Å²) in [5.74, 6) is -0.282. The summed E-state index contributed by atoms with van der Waals surface area (Å²) in [6.07, 6.45) is 3.36. The van der Waals surface area contributed by atoms with Gasteiger partial charge in [0, 0.05) is 5.92 Å². The number of hydrogen-bond acceptors (Lipinski definition) is 5. The molecule has 0 unspecified atom stereocenters. The Morgan fingerprint density at radius 2 is 2.12 bits per heavy atom. The average Bonchev–Trinajstić information content (AvgIpc) is 2.99. The molecule has 3 fully saturated rings. The van der Waals surface area contributed by atoms with Crippen molar-refractivity contribution in [2.75, 3.05) is 19.8 Å². The maximum Gasteiger partial charge on any atom is 0.312 e. The van der Waals surface area contributed by atoms with Crippen LogP contribution in [0.1, 0.15) is 0 Å². The largest absolute Gasteiger partial charge is 0.465 e. The quantitative estimate of drug-likeness (QED) is 0.458. The van der Waals surface area contributed by atoms with Crippen LogP contribution in [0.5, 0.6) is 0 Å². The van der Waals surface area contributed by atoms with Crippen molar-refractivity contribution in [3.63, 3.8) is 0 Å². The second-order valence-corrected chi connectivity index (χ2v) is 4.63. The number of fused-ring (bicyclic) bond motifs is 5. The monoisotopic (exact) mass is 224 g/mol. The third kappa shape index (κ3) is 0.901. The number of cyclic esters (lactones) is 1. The molecule has 16 heavy (non-hydrogen) atoms. The minimum Gasteiger partial charge on any atom is -0.465 e. The molecule has 4 atom stereocenters. The van der Waals surface area contributed by atoms with Gasteiger partial charge in [-0.15, -0.1) is 0 Å². The number of esters is 1. The van der Waals surface area contributed by atoms with Crippen LogP contribution in [-0.4, -0.2) is 43.8 Å². The van der Waals surface area contributed by atoms with Crippen molar-refractivity contribution in [3.05, 3.63) is 12.2 Å². The molecule has 0 aromatic heterocycles. The Bertz CT molecular complexity index is 373. The molecule has 0 saturated carbocycles. The maximum absolute atomic E-state index is 11.6. The number of carbonyl (C=O) groups is 1. The van der Waals surface area contributed by atoms with Crippen LogP contribution in [-0.2, 0) is 23.7 Å². The van der Waals surface area contributed by atoms with E-state index in [1.54, 1.807) is 0 Å². The molecule has 5 heteroatoms. The van der Waals surface area contributed by atoms with Gasteiger partial charge >= 0.3 is 5.97 Å². The molecular weight excluding hydrogens is 212 g/mol. The van der Waals surface area contributed by atoms with E-state index >= 15 is 0 Å². The van der Waals surface area contributed by atoms with E-state index in [2.05, 4.69) is 0 Å². The van der Waals surface area contributed by atoms with Crippen molar-refractivity contribution >= 4 is 5.97 Å². The highest BCUT2D eigenvalue weighted by atomic mass is 16.7. The first-order chi connectivity index (χ1) is 7.81. The van der Waals surface area contributed by atoms with Gasteiger partial charge in [-0.3, -0.25) is 4.79 Å². The zero-order valence-electron chi connectivity index (χ0n) is 8.63. The topological polar surface area (TPSA) is 54.0 Å². The van der Waals surface area contributed by atoms with Gasteiger partial charge in [-0.2, -0.15) is 0 Å². The van der Waals surface area contributed by atoms with E-state index in [1.807, 2.05) is 12.2 Å². The lowest BCUT2D eigenvalue weighted by molar-refractivity contribution is -0.182. The first-order valence-corrected chi connectivity index (χ1v) is 5.58. The highest BCUT2D eigenvalue weighted by molar-refractivity contribution is 5.77. The predicted molar refractivity (Wildman–Crippen MR) is 50.4 cm³/mol. The molecule has 0 aromatic rings. The highest BCUT2D eigenvalue weighted by Crippen LogP contribution is 2.53. The van der Waals surface area contributed by atoms with Crippen molar-refractivity contribution in [2.24, 2.45) is 11.8 Å². The standard InChI is InChI=1S/C11H12O5/c12-9-8-6(5-15-9)11(2-1-7(8)16-11)10-13-3-4-14-10/h1-2,6-8,10H,3-5H2/t6-,7+,8+,11-/m1/s1. The van der Waals surface area contributed by atoms with Gasteiger partial charge < -0.3 is 18.9 Å². The van der Waals surface area contributed by atoms with Gasteiger partial charge in [0.05, 0.1) is 31.8 Å². The third-order valence-corrected chi connectivity index (χ3v) is 3.92. The predicted octanol–water partition coefficient (Wildman–Crippen LogP) is -0.144. The molecular formula is C11H12O5. The summed E-state index contributed by atoms with van der Waals surface area (Å²) in [5, 5.41) is 0. The SMILES string of the molecule is O=C1OC[C@@H]2[C@H]1[C@@H]1C=C[C@@]2(C2OCCO2)O1. The highest BCUT2D eigenvalue weighted by Gasteiger charge is 2.66. The summed E-state index contributed by atoms with van der Waals surface area (Å²) in [6.45, 7) is 1.58. The molecule has 0 aliphatic carbocycles. The summed E-state index contributed by atoms with van der Waals surface area (Å²) in [4.78, 5) is 11.6. The molecule has 0 amide bonds. The molecule has 0 N–H and O–H groups in total. The van der Waals surface area contributed by atoms with Crippen molar-refractivity contribution in [2.45, 2.75) is 18.0 Å². The van der Waals surface area contributed by atoms with Gasteiger partial charge in [-0.1, -0.05) is 6.08 Å². The number of ether oxygens (including phenoxy) is 4. The average molecular weight is 224 g/mol. The Morgan fingerprint density at radius 3 is 2.94 bits per heavy atom. The molecule has 3 saturated heterocycles. The summed E-state index contributed by atoms with van der Waals surface area (Å²) >= 11 is 0. The first kappa shape index (κ1) is 9.15. The Kier molecular flexibility index (Phi) is 1.63. The lowest BCUT2D eigenvalue weighted by atomic mass is 9.77. The summed E-state index contributed by atoms with van der Waals surface area (Å²) in [7, 11) is 0. The van der Waals surface area contributed by atoms with E-state index in [0.717, 1.165) is 0 Å². The zero-order valence-corrected chi connectivity index (χ0v) is 8.63. The molecule has 86 valence electrons. The molecule has 4 aliphatic rings. The van der Waals surface area contributed by atoms with Crippen LogP contribution in [0.4, 0.5) is 0 Å². The van der Waals surface area contributed by atoms with E-state index in [0.29, 0.717) is 19.8 Å². The Balaban J connectivity index is 1.74. The Labute approximate surface area is 92.3 Å². The van der Waals surface area contributed by atoms with E-state index in [-0.39, 0.29) is 23.9 Å². The van der Waals surface area contributed by atoms with Crippen LogP contribution in [0.15, 0.2) is 12.2 Å². The molecule has 0 spiro atoms. The normalized spacial score (nSPS) is 50.0. The molecule has 4 rings (SSSR count). The van der Waals surface area contributed by atoms with Gasteiger partial charge in [0.25, 0.3) is 0 Å². The lowest BCUT2D eigenvalue weighted by Gasteiger charge is -2.32. The van der Waals surface area contributed by atoms with E-state index in [4.69, 9.17) is 18.9 Å². The molecule has 2 bridgehead atoms. The van der Waals surface area contributed by atoms with E-state index in [1.165, 1.54) is 0 Å². The fourth-order valence-corrected chi connectivity index (χ4v) is 3.20. The Morgan fingerprint density at radius 1 is 1.31 bits per heavy atom. The van der Waals surface area contributed by atoms with Gasteiger partial charge in [0.2, 0.25) is 0 Å². The Hall–Kier alpha value is -0.910. The number of hydrogen-bond donors (Lipinski definition) is 0. The van der Waals surface area contributed by atoms with Crippen molar-refractivity contribution in [1.82, 2.24) is 0 Å². The molecule has 4 aliphatic heterocycles. The second-order valence-electron chi connectivity index (χ2n) is 4.63. The molecule has 0 aromatic carbocycles. The first-order valence-electron chi connectivity index (χ1n) is 5.58. The molecule has 5 nitrogen and oxygen atoms in total. The van der Waals surface area contributed by atoms with Gasteiger partial charge in [-0.05, 0) is 6.08 Å². The van der Waals surface area contributed by atoms with Crippen LogP contribution < -0.4 is 0 Å². The van der Waals surface area contributed by atoms with E-state index in [9.17, 15) is 4.79 Å². The smallest absolute Gasteiger partial charge is 0.312 e. The minimum absolute atomic E-state index is 0.0399. The number of rotatable bonds is 1. The molecule has 4 heterocycles. The van der Waals surface area contributed by atoms with Gasteiger partial charge in [0.1, 0.15) is 5.60 Å². The zero-order chi connectivity index (χ0) is 10.8. The van der Waals surface area contributed by atoms with Gasteiger partial charge in [-0.25, -0.2) is 0 Å². The van der Waals surface area contributed by atoms with Crippen LogP contribution >= 0.6 is 0 Å². The summed E-state index contributed by atoms with van der Waals surface area (Å²) < 4.78 is 22.1. The van der Waals surface area contributed by atoms with Crippen LogP contribution in [0.3, 0.4) is 0 Å². The molecule has 0 radical (unpaired) electrons. The lowest BCUT2D eigenvalue weighted by Crippen LogP contribution is -2.47. The van der Waals surface area contributed by atoms with Crippen LogP contribution in [0.2, 0.25) is 0 Å². The fraction of sp³-hybridized carbons (Fsp3) is 0.727. The fourth-order valence-electron chi connectivity index (χ4n) is 3.20. The van der Waals surface area contributed by atoms with Gasteiger partial charge in [0.15, 0.2) is 6.29 Å². The minimum atomic E-state index is -0.599. The third-order valence-electron chi connectivity index (χ3n) is 3.92.